The molecule has 0 atom stereocenters. The maximum atomic E-state index is 13.3. The first-order valence-electron chi connectivity index (χ1n) is 9.77. The summed E-state index contributed by atoms with van der Waals surface area (Å²) in [5.74, 6) is -1.16. The van der Waals surface area contributed by atoms with Gasteiger partial charge in [0.15, 0.2) is 0 Å². The molecule has 31 heavy (non-hydrogen) atoms. The van der Waals surface area contributed by atoms with Crippen molar-refractivity contribution < 1.29 is 14.3 Å². The molecule has 0 aliphatic carbocycles. The molecule has 7 heteroatoms. The Morgan fingerprint density at radius 2 is 2.06 bits per heavy atom. The number of hydrogen-bond acceptors (Lipinski definition) is 4. The van der Waals surface area contributed by atoms with Crippen LogP contribution in [0.15, 0.2) is 70.2 Å². The predicted molar refractivity (Wildman–Crippen MR) is 118 cm³/mol. The van der Waals surface area contributed by atoms with Crippen LogP contribution in [-0.2, 0) is 17.6 Å². The Morgan fingerprint density at radius 3 is 2.77 bits per heavy atom. The summed E-state index contributed by atoms with van der Waals surface area (Å²) in [5, 5.41) is 23.1. The Bertz CT molecular complexity index is 1270. The largest absolute Gasteiger partial charge is 0.481 e. The van der Waals surface area contributed by atoms with Gasteiger partial charge in [0, 0.05) is 35.3 Å². The summed E-state index contributed by atoms with van der Waals surface area (Å²) in [6, 6.07) is 12.0. The number of fused-ring (bicyclic) bond motifs is 1. The molecule has 0 saturated heterocycles. The van der Waals surface area contributed by atoms with Crippen molar-refractivity contribution in [3.05, 3.63) is 93.6 Å². The summed E-state index contributed by atoms with van der Waals surface area (Å²) in [7, 11) is 0. The molecular weight excluding hydrogens is 413 g/mol. The smallest absolute Gasteiger partial charge is 0.307 e. The molecule has 3 heterocycles. The van der Waals surface area contributed by atoms with Crippen LogP contribution < -0.4 is 5.32 Å². The van der Waals surface area contributed by atoms with Gasteiger partial charge in [-0.2, -0.15) is 5.26 Å². The fourth-order valence-corrected chi connectivity index (χ4v) is 4.69. The normalized spacial score (nSPS) is 13.3. The Hall–Kier alpha value is -3.50. The molecule has 2 aromatic heterocycles. The molecule has 1 aliphatic heterocycles. The number of aliphatic carboxylic acids is 1. The van der Waals surface area contributed by atoms with Crippen molar-refractivity contribution in [2.24, 2.45) is 0 Å². The van der Waals surface area contributed by atoms with Gasteiger partial charge >= 0.3 is 5.97 Å². The number of allylic oxidation sites excluding steroid dienone is 2. The lowest BCUT2D eigenvalue weighted by Crippen LogP contribution is -2.17. The molecule has 2 N–H and O–H groups in total. The minimum absolute atomic E-state index is 0.0778. The van der Waals surface area contributed by atoms with Crippen molar-refractivity contribution in [1.29, 1.82) is 5.26 Å². The van der Waals surface area contributed by atoms with E-state index in [4.69, 9.17) is 0 Å². The monoisotopic (exact) mass is 433 g/mol. The van der Waals surface area contributed by atoms with Gasteiger partial charge in [0.2, 0.25) is 0 Å². The van der Waals surface area contributed by atoms with Crippen LogP contribution in [0.3, 0.4) is 0 Å². The van der Waals surface area contributed by atoms with Crippen molar-refractivity contribution in [3.8, 4) is 6.07 Å². The second kappa shape index (κ2) is 8.70. The van der Waals surface area contributed by atoms with Crippen LogP contribution in [0.5, 0.6) is 0 Å². The van der Waals surface area contributed by atoms with Crippen molar-refractivity contribution in [1.82, 2.24) is 9.72 Å². The number of carboxylic acids is 1. The minimum Gasteiger partial charge on any atom is -0.481 e. The fourth-order valence-electron chi connectivity index (χ4n) is 3.76. The molecule has 0 radical (unpaired) electrons. The highest BCUT2D eigenvalue weighted by Gasteiger charge is 2.20. The van der Waals surface area contributed by atoms with Crippen LogP contribution in [0.25, 0.3) is 5.52 Å². The zero-order valence-corrected chi connectivity index (χ0v) is 17.7. The number of dihydropyridines is 1. The van der Waals surface area contributed by atoms with E-state index >= 15 is 0 Å². The molecule has 0 bridgehead atoms. The number of pyridine rings is 1. The lowest BCUT2D eigenvalue weighted by molar-refractivity contribution is -0.136. The summed E-state index contributed by atoms with van der Waals surface area (Å²) in [6.07, 6.45) is 6.34. The summed E-state index contributed by atoms with van der Waals surface area (Å²) in [5.41, 5.74) is 4.98. The van der Waals surface area contributed by atoms with Crippen molar-refractivity contribution in [2.75, 3.05) is 6.54 Å². The average molecular weight is 434 g/mol. The van der Waals surface area contributed by atoms with E-state index in [0.29, 0.717) is 18.5 Å². The molecule has 156 valence electrons. The van der Waals surface area contributed by atoms with Crippen LogP contribution in [-0.4, -0.2) is 22.0 Å². The number of aromatic nitrogens is 1. The molecule has 0 saturated carbocycles. The molecular formula is C24H20FN3O2S. The molecule has 5 nitrogen and oxygen atoms in total. The molecule has 4 rings (SSSR count). The number of nitriles is 1. The third-order valence-electron chi connectivity index (χ3n) is 5.27. The van der Waals surface area contributed by atoms with Crippen LogP contribution in [0.2, 0.25) is 0 Å². The number of nitrogens with zero attached hydrogens (tertiary/aromatic N) is 2. The van der Waals surface area contributed by atoms with Crippen LogP contribution >= 0.6 is 11.8 Å². The van der Waals surface area contributed by atoms with E-state index in [0.717, 1.165) is 37.8 Å². The van der Waals surface area contributed by atoms with E-state index in [1.54, 1.807) is 24.4 Å². The van der Waals surface area contributed by atoms with Gasteiger partial charge in [0.05, 0.1) is 17.0 Å². The molecule has 0 spiro atoms. The van der Waals surface area contributed by atoms with Crippen molar-refractivity contribution >= 4 is 23.2 Å². The number of rotatable bonds is 6. The number of hydrogen-bond donors (Lipinski definition) is 2. The number of thioether (sulfide) groups is 1. The average Bonchev–Trinajstić information content (AvgIpc) is 3.01. The van der Waals surface area contributed by atoms with Gasteiger partial charge in [-0.15, -0.1) is 0 Å². The van der Waals surface area contributed by atoms with Crippen LogP contribution in [0.1, 0.15) is 22.4 Å². The highest BCUT2D eigenvalue weighted by molar-refractivity contribution is 8.03. The number of halogens is 1. The third-order valence-corrected chi connectivity index (χ3v) is 6.39. The molecule has 3 aromatic rings. The second-order valence-corrected chi connectivity index (χ2v) is 8.36. The van der Waals surface area contributed by atoms with Crippen LogP contribution in [0, 0.1) is 24.1 Å². The fraction of sp³-hybridized carbons (Fsp3) is 0.167. The standard InChI is InChI=1S/C24H20FN3O2S/c1-15-20(12-23(29)30)21-9-4-16(13-26)14-28(21)22(15)11-17-3-2-10-27-24(17)31-19-7-5-18(25)6-8-19/h2-9,14,27H,10-12H2,1H3,(H,29,30). The van der Waals surface area contributed by atoms with Gasteiger partial charge in [-0.05, 0) is 60.0 Å². The Morgan fingerprint density at radius 1 is 1.29 bits per heavy atom. The molecule has 1 aromatic carbocycles. The predicted octanol–water partition coefficient (Wildman–Crippen LogP) is 4.59. The number of nitrogens with one attached hydrogen (secondary N) is 1. The first kappa shape index (κ1) is 20.8. The van der Waals surface area contributed by atoms with E-state index in [2.05, 4.69) is 17.5 Å². The van der Waals surface area contributed by atoms with Crippen LogP contribution in [0.4, 0.5) is 4.39 Å². The zero-order valence-electron chi connectivity index (χ0n) is 16.9. The van der Waals surface area contributed by atoms with E-state index < -0.39 is 5.97 Å². The lowest BCUT2D eigenvalue weighted by atomic mass is 10.0. The Labute approximate surface area is 183 Å². The Balaban J connectivity index is 1.78. The lowest BCUT2D eigenvalue weighted by Gasteiger charge is -2.18. The summed E-state index contributed by atoms with van der Waals surface area (Å²) in [6.45, 7) is 2.63. The number of benzene rings is 1. The molecule has 1 aliphatic rings. The van der Waals surface area contributed by atoms with Gasteiger partial charge in [-0.1, -0.05) is 23.9 Å². The van der Waals surface area contributed by atoms with E-state index in [9.17, 15) is 19.6 Å². The highest BCUT2D eigenvalue weighted by Crippen LogP contribution is 2.33. The summed E-state index contributed by atoms with van der Waals surface area (Å²) in [4.78, 5) is 12.4. The SMILES string of the molecule is Cc1c(CC(=O)O)c2ccc(C#N)cn2c1CC1=C(Sc2ccc(F)cc2)NCC=C1. The summed E-state index contributed by atoms with van der Waals surface area (Å²) < 4.78 is 15.2. The van der Waals surface area contributed by atoms with Crippen molar-refractivity contribution in [2.45, 2.75) is 24.7 Å². The second-order valence-electron chi connectivity index (χ2n) is 7.28. The van der Waals surface area contributed by atoms with Gasteiger partial charge in [0.1, 0.15) is 11.9 Å². The Kier molecular flexibility index (Phi) is 5.83. The topological polar surface area (TPSA) is 77.5 Å². The first-order valence-corrected chi connectivity index (χ1v) is 10.6. The van der Waals surface area contributed by atoms with Gasteiger partial charge in [-0.3, -0.25) is 4.79 Å². The maximum absolute atomic E-state index is 13.3. The number of carbonyl (C=O) groups is 1. The third kappa shape index (κ3) is 4.35. The van der Waals surface area contributed by atoms with E-state index in [-0.39, 0.29) is 12.2 Å². The van der Waals surface area contributed by atoms with E-state index in [1.807, 2.05) is 23.5 Å². The highest BCUT2D eigenvalue weighted by atomic mass is 32.2. The van der Waals surface area contributed by atoms with Gasteiger partial charge < -0.3 is 14.8 Å². The van der Waals surface area contributed by atoms with Gasteiger partial charge in [0.25, 0.3) is 0 Å². The molecule has 0 fully saturated rings. The quantitative estimate of drug-likeness (QED) is 0.595. The maximum Gasteiger partial charge on any atom is 0.307 e. The van der Waals surface area contributed by atoms with Crippen molar-refractivity contribution in [3.63, 3.8) is 0 Å². The first-order chi connectivity index (χ1) is 15.0. The summed E-state index contributed by atoms with van der Waals surface area (Å²) >= 11 is 1.53. The number of carboxylic acid groups (broad SMARTS) is 1. The molecule has 0 unspecified atom stereocenters. The molecule has 0 amide bonds. The minimum atomic E-state index is -0.891. The van der Waals surface area contributed by atoms with Gasteiger partial charge in [-0.25, -0.2) is 4.39 Å². The van der Waals surface area contributed by atoms with E-state index in [1.165, 1.54) is 23.9 Å². The zero-order chi connectivity index (χ0) is 22.0.